The van der Waals surface area contributed by atoms with Crippen molar-refractivity contribution in [3.8, 4) is 118 Å². The summed E-state index contributed by atoms with van der Waals surface area (Å²) in [6, 6.07) is 0. The summed E-state index contributed by atoms with van der Waals surface area (Å²) in [6.07, 6.45) is 50.8. The Hall–Kier alpha value is -3.50. The summed E-state index contributed by atoms with van der Waals surface area (Å²) in [5.74, 6) is 9.59. The van der Waals surface area contributed by atoms with Crippen LogP contribution in [0.25, 0.3) is 48.8 Å². The van der Waals surface area contributed by atoms with Crippen molar-refractivity contribution in [3.05, 3.63) is 0 Å². The minimum atomic E-state index is -0.206. The van der Waals surface area contributed by atoms with E-state index < -0.39 is 0 Å². The van der Waals surface area contributed by atoms with E-state index in [1.807, 2.05) is 0 Å². The molecule has 0 radical (unpaired) electrons. The van der Waals surface area contributed by atoms with Crippen LogP contribution >= 0.6 is 91.5 Å². The number of ether oxygens (including phenoxy) is 12. The molecule has 12 heterocycles. The lowest BCUT2D eigenvalue weighted by molar-refractivity contribution is 0.0778. The van der Waals surface area contributed by atoms with Crippen LogP contribution in [0.3, 0.4) is 0 Å². The van der Waals surface area contributed by atoms with Gasteiger partial charge in [-0.25, -0.2) is 0 Å². The largest absolute Gasteiger partial charge is 0.487 e. The maximum atomic E-state index is 7.89. The van der Waals surface area contributed by atoms with Gasteiger partial charge in [-0.2, -0.15) is 0 Å². The zero-order chi connectivity index (χ0) is 76.8. The predicted molar refractivity (Wildman–Crippen MR) is 470 cm³/mol. The van der Waals surface area contributed by atoms with Gasteiger partial charge in [0.25, 0.3) is 0 Å². The first-order valence-electron chi connectivity index (χ1n) is 43.7. The smallest absolute Gasteiger partial charge is 0.186 e. The minimum Gasteiger partial charge on any atom is -0.487 e. The number of rotatable bonds is 47. The van der Waals surface area contributed by atoms with Gasteiger partial charge in [-0.3, -0.25) is 0 Å². The number of hydrogen-bond donors (Lipinski definition) is 0. The molecule has 6 aliphatic heterocycles. The van der Waals surface area contributed by atoms with Crippen molar-refractivity contribution in [1.82, 2.24) is 0 Å². The van der Waals surface area contributed by atoms with Gasteiger partial charge >= 0.3 is 0 Å². The molecule has 0 spiro atoms. The molecule has 0 atom stereocenters. The maximum absolute atomic E-state index is 7.89. The summed E-state index contributed by atoms with van der Waals surface area (Å²) < 4.78 is 90.9. The molecule has 0 fully saturated rings. The molecule has 0 saturated heterocycles. The van der Waals surface area contributed by atoms with Crippen molar-refractivity contribution >= 4 is 91.5 Å². The molecule has 614 valence electrons. The van der Waals surface area contributed by atoms with Crippen LogP contribution in [0.1, 0.15) is 312 Å². The van der Waals surface area contributed by atoms with E-state index in [0.29, 0.717) is 79.3 Å². The maximum Gasteiger partial charge on any atom is 0.186 e. The number of hydrogen-bond acceptors (Lipinski definition) is 20. The van der Waals surface area contributed by atoms with E-state index in [-0.39, 0.29) is 21.7 Å². The Morgan fingerprint density at radius 2 is 0.355 bits per heavy atom. The average molecular weight is 1660 g/mol. The minimum absolute atomic E-state index is 0.165. The first-order valence-corrected chi connectivity index (χ1v) is 51.0. The molecule has 0 N–H and O–H groups in total. The molecule has 12 nitrogen and oxygen atoms in total. The fourth-order valence-corrected chi connectivity index (χ4v) is 26.4. The van der Waals surface area contributed by atoms with Crippen molar-refractivity contribution < 1.29 is 56.8 Å². The predicted octanol–water partition coefficient (Wildman–Crippen LogP) is 30.2. The highest BCUT2D eigenvalue weighted by atomic mass is 32.2. The normalized spacial score (nSPS) is 17.1. The quantitative estimate of drug-likeness (QED) is 0.0267. The van der Waals surface area contributed by atoms with Gasteiger partial charge in [0, 0.05) is 21.7 Å². The molecule has 0 amide bonds. The van der Waals surface area contributed by atoms with Gasteiger partial charge in [0.05, 0.1) is 102 Å². The highest BCUT2D eigenvalue weighted by Crippen LogP contribution is 2.70. The lowest BCUT2D eigenvalue weighted by Gasteiger charge is -2.32. The van der Waals surface area contributed by atoms with E-state index in [2.05, 4.69) is 67.9 Å². The van der Waals surface area contributed by atoms with E-state index in [4.69, 9.17) is 56.8 Å². The second-order valence-electron chi connectivity index (χ2n) is 33.0. The van der Waals surface area contributed by atoms with Crippen LogP contribution in [0.2, 0.25) is 0 Å². The fraction of sp³-hybridized carbons (Fsp3) is 0.733. The molecule has 20 heteroatoms. The van der Waals surface area contributed by atoms with Crippen molar-refractivity contribution in [3.63, 3.8) is 0 Å². The number of unbranched alkanes of at least 4 members (excludes halogenated alkanes) is 24. The molecule has 0 bridgehead atoms. The van der Waals surface area contributed by atoms with E-state index in [1.54, 1.807) is 91.5 Å². The lowest BCUT2D eigenvalue weighted by atomic mass is 9.79. The Labute approximate surface area is 694 Å². The molecule has 12 rings (SSSR count). The average Bonchev–Trinajstić information content (AvgIpc) is 1.57. The molecule has 6 aliphatic rings. The third-order valence-electron chi connectivity index (χ3n) is 24.1. The molecular formula is C90H134O12S8. The van der Waals surface area contributed by atoms with Gasteiger partial charge in [-0.15, -0.1) is 91.5 Å². The topological polar surface area (TPSA) is 111 Å². The second-order valence-corrected chi connectivity index (χ2v) is 41.3. The second kappa shape index (κ2) is 42.6. The summed E-state index contributed by atoms with van der Waals surface area (Å²) in [7, 11) is 0. The zero-order valence-electron chi connectivity index (χ0n) is 68.9. The van der Waals surface area contributed by atoms with Crippen LogP contribution in [0.5, 0.6) is 69.0 Å². The SMILES string of the molecule is CCCCCCC1(CCCCCC)COc2c(-c3sc(SC)c4c3OCCO4)sc(-c3sc(-c4sc(-c5sc(-c6sc(SC)c7c6OCCO7)c6c5OCC(CCCCCC)(CCCCCC)CO6)c5c4OCC(CCCCCC)(CCCCCC)CO5)c4c3OCC(CCCCCC)(CCCCCC)CO4)c2OC1. The van der Waals surface area contributed by atoms with Gasteiger partial charge < -0.3 is 56.8 Å². The molecule has 0 unspecified atom stereocenters. The Bertz CT molecular complexity index is 3500. The van der Waals surface area contributed by atoms with Crippen molar-refractivity contribution in [2.75, 3.05) is 91.8 Å². The Morgan fingerprint density at radius 3 is 0.518 bits per heavy atom. The van der Waals surface area contributed by atoms with Crippen LogP contribution in [-0.2, 0) is 0 Å². The fourth-order valence-electron chi connectivity index (χ4n) is 17.3. The summed E-state index contributed by atoms with van der Waals surface area (Å²) in [4.78, 5) is 10.1. The third-order valence-corrected chi connectivity index (χ3v) is 34.0. The van der Waals surface area contributed by atoms with Crippen LogP contribution in [-0.4, -0.2) is 91.8 Å². The van der Waals surface area contributed by atoms with Gasteiger partial charge in [0.15, 0.2) is 69.0 Å². The van der Waals surface area contributed by atoms with Gasteiger partial charge in [0.1, 0.15) is 34.8 Å². The van der Waals surface area contributed by atoms with Crippen LogP contribution in [0.4, 0.5) is 0 Å². The first-order chi connectivity index (χ1) is 54.0. The molecular weight excluding hydrogens is 1530 g/mol. The molecule has 110 heavy (non-hydrogen) atoms. The Balaban J connectivity index is 1.09. The third kappa shape index (κ3) is 20.4. The highest BCUT2D eigenvalue weighted by molar-refractivity contribution is 8.01. The monoisotopic (exact) mass is 1660 g/mol. The lowest BCUT2D eigenvalue weighted by Crippen LogP contribution is -2.34. The van der Waals surface area contributed by atoms with Gasteiger partial charge in [0.2, 0.25) is 0 Å². The zero-order valence-corrected chi connectivity index (χ0v) is 75.5. The molecule has 0 aromatic carbocycles. The van der Waals surface area contributed by atoms with Gasteiger partial charge in [-0.05, 0) is 63.9 Å². The van der Waals surface area contributed by atoms with Crippen molar-refractivity contribution in [2.45, 2.75) is 321 Å². The molecule has 6 aromatic rings. The van der Waals surface area contributed by atoms with Crippen molar-refractivity contribution in [2.24, 2.45) is 21.7 Å². The summed E-state index contributed by atoms with van der Waals surface area (Å²) in [5.41, 5.74) is -0.742. The van der Waals surface area contributed by atoms with E-state index in [0.717, 1.165) is 229 Å². The van der Waals surface area contributed by atoms with Crippen LogP contribution < -0.4 is 56.8 Å². The van der Waals surface area contributed by atoms with E-state index in [1.165, 1.54) is 154 Å². The highest BCUT2D eigenvalue weighted by Gasteiger charge is 2.47. The Kier molecular flexibility index (Phi) is 33.2. The van der Waals surface area contributed by atoms with Gasteiger partial charge in [-0.1, -0.05) is 261 Å². The first kappa shape index (κ1) is 85.9. The standard InChI is InChI=1S/C90H134O12S8/c1-11-19-27-35-43-87(44-36-28-20-12-2)55-95-63-65(97-57-87)77(79-67-69(81(107-79)83-71-73(85(103-9)109-83)93-53-51-91-71)101-61-89(59-99-67,47-39-31-23-15-5)48-40-32-24-16-6)105-75(63)76-64-66(98-58-88(56-96-64,45-37-29-21-13-3)46-38-30-22-14-4)78(106-76)80-68-70(82(108-80)84-72-74(86(104-10)110-84)94-54-52-92-72)102-62-90(60-100-68,49-41-33-25-17-7)50-42-34-26-18-8/h11-62H2,1-10H3. The summed E-state index contributed by atoms with van der Waals surface area (Å²) in [6.45, 7) is 25.1. The van der Waals surface area contributed by atoms with Crippen LogP contribution in [0.15, 0.2) is 8.42 Å². The summed E-state index contributed by atoms with van der Waals surface area (Å²) >= 11 is 14.0. The number of fused-ring (bicyclic) bond motifs is 6. The Morgan fingerprint density at radius 1 is 0.200 bits per heavy atom. The molecule has 0 aliphatic carbocycles. The number of thiophene rings is 6. The molecule has 6 aromatic heterocycles. The van der Waals surface area contributed by atoms with Crippen molar-refractivity contribution in [1.29, 1.82) is 0 Å². The summed E-state index contributed by atoms with van der Waals surface area (Å²) in [5, 5.41) is 0. The number of thioether (sulfide) groups is 2. The van der Waals surface area contributed by atoms with E-state index in [9.17, 15) is 0 Å². The molecule has 0 saturated carbocycles. The van der Waals surface area contributed by atoms with Crippen LogP contribution in [0, 0.1) is 21.7 Å². The van der Waals surface area contributed by atoms with E-state index >= 15 is 0 Å².